The third-order valence-corrected chi connectivity index (χ3v) is 2.87. The molecule has 1 rings (SSSR count). The normalized spacial score (nSPS) is 12.0. The SMILES string of the molecule is CCC(C)NC(=O)CCNc1cc(Cl)nnc1Cl. The van der Waals surface area contributed by atoms with Crippen molar-refractivity contribution in [2.45, 2.75) is 32.7 Å². The lowest BCUT2D eigenvalue weighted by Crippen LogP contribution is -2.32. The molecule has 0 aliphatic rings. The Morgan fingerprint density at radius 3 is 2.83 bits per heavy atom. The van der Waals surface area contributed by atoms with Gasteiger partial charge >= 0.3 is 0 Å². The summed E-state index contributed by atoms with van der Waals surface area (Å²) in [5, 5.41) is 13.6. The molecule has 0 aliphatic heterocycles. The van der Waals surface area contributed by atoms with Gasteiger partial charge in [-0.15, -0.1) is 10.2 Å². The number of aromatic nitrogens is 2. The minimum Gasteiger partial charge on any atom is -0.382 e. The molecule has 0 radical (unpaired) electrons. The maximum atomic E-state index is 11.5. The van der Waals surface area contributed by atoms with Crippen molar-refractivity contribution < 1.29 is 4.79 Å². The van der Waals surface area contributed by atoms with Gasteiger partial charge in [0.1, 0.15) is 0 Å². The molecule has 0 fully saturated rings. The zero-order valence-corrected chi connectivity index (χ0v) is 11.8. The van der Waals surface area contributed by atoms with E-state index in [4.69, 9.17) is 23.2 Å². The first-order valence-corrected chi connectivity index (χ1v) is 6.50. The molecule has 0 saturated heterocycles. The highest BCUT2D eigenvalue weighted by atomic mass is 35.5. The smallest absolute Gasteiger partial charge is 0.221 e. The summed E-state index contributed by atoms with van der Waals surface area (Å²) in [6.07, 6.45) is 1.27. The van der Waals surface area contributed by atoms with Crippen LogP contribution in [0.5, 0.6) is 0 Å². The van der Waals surface area contributed by atoms with Crippen molar-refractivity contribution >= 4 is 34.8 Å². The zero-order chi connectivity index (χ0) is 13.5. The Kier molecular flexibility index (Phi) is 6.15. The van der Waals surface area contributed by atoms with Crippen LogP contribution in [0.3, 0.4) is 0 Å². The molecule has 100 valence electrons. The lowest BCUT2D eigenvalue weighted by Gasteiger charge is -2.12. The average molecular weight is 291 g/mol. The molecule has 18 heavy (non-hydrogen) atoms. The fourth-order valence-corrected chi connectivity index (χ4v) is 1.54. The van der Waals surface area contributed by atoms with E-state index in [1.807, 2.05) is 13.8 Å². The molecule has 1 aromatic rings. The van der Waals surface area contributed by atoms with Crippen LogP contribution in [0, 0.1) is 0 Å². The van der Waals surface area contributed by atoms with Gasteiger partial charge in [-0.25, -0.2) is 0 Å². The molecule has 0 spiro atoms. The van der Waals surface area contributed by atoms with E-state index in [0.29, 0.717) is 18.7 Å². The fourth-order valence-electron chi connectivity index (χ4n) is 1.24. The predicted octanol–water partition coefficient (Wildman–Crippen LogP) is 2.50. The molecular weight excluding hydrogens is 275 g/mol. The minimum atomic E-state index is 0.00100. The van der Waals surface area contributed by atoms with Crippen LogP contribution >= 0.6 is 23.2 Å². The van der Waals surface area contributed by atoms with Crippen LogP contribution in [-0.4, -0.2) is 28.7 Å². The summed E-state index contributed by atoms with van der Waals surface area (Å²) in [4.78, 5) is 11.5. The second-order valence-corrected chi connectivity index (χ2v) is 4.67. The van der Waals surface area contributed by atoms with Gasteiger partial charge in [0.15, 0.2) is 10.3 Å². The van der Waals surface area contributed by atoms with Crippen LogP contribution < -0.4 is 10.6 Å². The first-order valence-electron chi connectivity index (χ1n) is 5.75. The summed E-state index contributed by atoms with van der Waals surface area (Å²) in [5.74, 6) is 0.00100. The quantitative estimate of drug-likeness (QED) is 0.845. The maximum Gasteiger partial charge on any atom is 0.221 e. The summed E-state index contributed by atoms with van der Waals surface area (Å²) in [6.45, 7) is 4.45. The number of hydrogen-bond donors (Lipinski definition) is 2. The van der Waals surface area contributed by atoms with E-state index >= 15 is 0 Å². The van der Waals surface area contributed by atoms with Crippen molar-refractivity contribution in [3.05, 3.63) is 16.4 Å². The van der Waals surface area contributed by atoms with Crippen molar-refractivity contribution in [3.63, 3.8) is 0 Å². The average Bonchev–Trinajstić information content (AvgIpc) is 2.33. The highest BCUT2D eigenvalue weighted by molar-refractivity contribution is 6.33. The number of carbonyl (C=O) groups is 1. The number of rotatable bonds is 6. The number of nitrogens with zero attached hydrogens (tertiary/aromatic N) is 2. The van der Waals surface area contributed by atoms with Gasteiger partial charge in [-0.1, -0.05) is 30.1 Å². The number of halogens is 2. The topological polar surface area (TPSA) is 66.9 Å². The van der Waals surface area contributed by atoms with Crippen LogP contribution in [0.2, 0.25) is 10.3 Å². The van der Waals surface area contributed by atoms with E-state index in [9.17, 15) is 4.79 Å². The Balaban J connectivity index is 2.37. The Morgan fingerprint density at radius 2 is 2.17 bits per heavy atom. The third kappa shape index (κ3) is 5.06. The molecule has 1 aromatic heterocycles. The van der Waals surface area contributed by atoms with Crippen LogP contribution in [0.1, 0.15) is 26.7 Å². The molecule has 1 atom stereocenters. The number of nitrogens with one attached hydrogen (secondary N) is 2. The molecule has 0 bridgehead atoms. The number of amides is 1. The molecule has 5 nitrogen and oxygen atoms in total. The van der Waals surface area contributed by atoms with E-state index in [2.05, 4.69) is 20.8 Å². The second-order valence-electron chi connectivity index (χ2n) is 3.93. The zero-order valence-electron chi connectivity index (χ0n) is 10.3. The van der Waals surface area contributed by atoms with Crippen LogP contribution in [0.4, 0.5) is 5.69 Å². The third-order valence-electron chi connectivity index (χ3n) is 2.41. The largest absolute Gasteiger partial charge is 0.382 e. The summed E-state index contributed by atoms with van der Waals surface area (Å²) >= 11 is 11.5. The van der Waals surface area contributed by atoms with E-state index in [-0.39, 0.29) is 22.3 Å². The molecule has 1 unspecified atom stereocenters. The van der Waals surface area contributed by atoms with Crippen molar-refractivity contribution in [1.29, 1.82) is 0 Å². The van der Waals surface area contributed by atoms with E-state index in [0.717, 1.165) is 6.42 Å². The Bertz CT molecular complexity index is 414. The van der Waals surface area contributed by atoms with Gasteiger partial charge in [0.25, 0.3) is 0 Å². The Morgan fingerprint density at radius 1 is 1.44 bits per heavy atom. The standard InChI is InChI=1S/C11H16Cl2N4O/c1-3-7(2)15-10(18)4-5-14-8-6-9(12)16-17-11(8)13/h6-7H,3-5H2,1-2H3,(H,14,16)(H,15,18). The van der Waals surface area contributed by atoms with Crippen molar-refractivity contribution in [1.82, 2.24) is 15.5 Å². The molecule has 0 saturated carbocycles. The monoisotopic (exact) mass is 290 g/mol. The Labute approximate surface area is 116 Å². The molecule has 7 heteroatoms. The molecule has 0 aliphatic carbocycles. The van der Waals surface area contributed by atoms with Gasteiger partial charge in [0.05, 0.1) is 5.69 Å². The number of anilines is 1. The summed E-state index contributed by atoms with van der Waals surface area (Å²) < 4.78 is 0. The minimum absolute atomic E-state index is 0.00100. The number of carbonyl (C=O) groups excluding carboxylic acids is 1. The first kappa shape index (κ1) is 15.0. The molecule has 1 amide bonds. The van der Waals surface area contributed by atoms with Gasteiger partial charge in [0.2, 0.25) is 5.91 Å². The fraction of sp³-hybridized carbons (Fsp3) is 0.545. The highest BCUT2D eigenvalue weighted by Gasteiger charge is 2.07. The van der Waals surface area contributed by atoms with E-state index in [1.165, 1.54) is 0 Å². The van der Waals surface area contributed by atoms with Gasteiger partial charge in [0, 0.05) is 25.1 Å². The van der Waals surface area contributed by atoms with Crippen LogP contribution in [-0.2, 0) is 4.79 Å². The molecule has 2 N–H and O–H groups in total. The van der Waals surface area contributed by atoms with Gasteiger partial charge in [-0.05, 0) is 13.3 Å². The lowest BCUT2D eigenvalue weighted by atomic mass is 10.2. The Hall–Kier alpha value is -1.07. The molecular formula is C11H16Cl2N4O. The second kappa shape index (κ2) is 7.38. The first-order chi connectivity index (χ1) is 8.52. The van der Waals surface area contributed by atoms with Gasteiger partial charge < -0.3 is 10.6 Å². The lowest BCUT2D eigenvalue weighted by molar-refractivity contribution is -0.121. The van der Waals surface area contributed by atoms with E-state index in [1.54, 1.807) is 6.07 Å². The molecule has 0 aromatic carbocycles. The van der Waals surface area contributed by atoms with Crippen molar-refractivity contribution in [2.24, 2.45) is 0 Å². The summed E-state index contributed by atoms with van der Waals surface area (Å²) in [5.41, 5.74) is 0.577. The summed E-state index contributed by atoms with van der Waals surface area (Å²) in [6, 6.07) is 1.77. The van der Waals surface area contributed by atoms with Crippen LogP contribution in [0.15, 0.2) is 6.07 Å². The predicted molar refractivity (Wildman–Crippen MR) is 73.1 cm³/mol. The van der Waals surface area contributed by atoms with Crippen molar-refractivity contribution in [2.75, 3.05) is 11.9 Å². The maximum absolute atomic E-state index is 11.5. The van der Waals surface area contributed by atoms with Crippen molar-refractivity contribution in [3.8, 4) is 0 Å². The number of hydrogen-bond acceptors (Lipinski definition) is 4. The van der Waals surface area contributed by atoms with Gasteiger partial charge in [-0.2, -0.15) is 0 Å². The molecule has 1 heterocycles. The highest BCUT2D eigenvalue weighted by Crippen LogP contribution is 2.20. The van der Waals surface area contributed by atoms with Gasteiger partial charge in [-0.3, -0.25) is 4.79 Å². The van der Waals surface area contributed by atoms with Crippen LogP contribution in [0.25, 0.3) is 0 Å². The van der Waals surface area contributed by atoms with E-state index < -0.39 is 0 Å². The summed E-state index contributed by atoms with van der Waals surface area (Å²) in [7, 11) is 0.